The second-order valence-electron chi connectivity index (χ2n) is 18.7. The highest BCUT2D eigenvalue weighted by molar-refractivity contribution is 7.99. The minimum atomic E-state index is -0.314. The zero-order valence-electron chi connectivity index (χ0n) is 38.4. The number of thioether (sulfide) groups is 1. The van der Waals surface area contributed by atoms with E-state index in [9.17, 15) is 0 Å². The van der Waals surface area contributed by atoms with Gasteiger partial charge in [-0.1, -0.05) is 155 Å². The van der Waals surface area contributed by atoms with E-state index in [1.54, 1.807) is 0 Å². The van der Waals surface area contributed by atoms with Crippen LogP contribution in [0, 0.1) is 6.92 Å². The van der Waals surface area contributed by atoms with Gasteiger partial charge >= 0.3 is 0 Å². The van der Waals surface area contributed by atoms with E-state index in [0.717, 1.165) is 56.1 Å². The molecule has 0 fully saturated rings. The highest BCUT2D eigenvalue weighted by Gasteiger charge is 2.37. The third-order valence-electron chi connectivity index (χ3n) is 13.7. The van der Waals surface area contributed by atoms with Crippen molar-refractivity contribution in [3.05, 3.63) is 223 Å². The normalized spacial score (nSPS) is 12.9. The summed E-state index contributed by atoms with van der Waals surface area (Å²) in [5, 5.41) is 7.72. The Balaban J connectivity index is 1.11. The second-order valence-corrected chi connectivity index (χ2v) is 20.3. The van der Waals surface area contributed by atoms with E-state index in [2.05, 4.69) is 245 Å². The van der Waals surface area contributed by atoms with Crippen LogP contribution in [0.25, 0.3) is 65.7 Å². The molecule has 1 heterocycles. The van der Waals surface area contributed by atoms with Crippen molar-refractivity contribution in [1.29, 1.82) is 0 Å². The van der Waals surface area contributed by atoms with Crippen LogP contribution in [0.15, 0.2) is 216 Å². The lowest BCUT2D eigenvalue weighted by atomic mass is 9.66. The number of aryl methyl sites for hydroxylation is 1. The van der Waals surface area contributed by atoms with Crippen LogP contribution in [0.5, 0.6) is 0 Å². The maximum atomic E-state index is 6.76. The predicted molar refractivity (Wildman–Crippen MR) is 287 cm³/mol. The smallest absolute Gasteiger partial charge is 0.159 e. The molecule has 324 valence electrons. The molecule has 11 aromatic rings. The Bertz CT molecular complexity index is 3670. The highest BCUT2D eigenvalue weighted by Crippen LogP contribution is 2.56. The Morgan fingerprint density at radius 3 is 1.85 bits per heavy atom. The van der Waals surface area contributed by atoms with E-state index in [1.165, 1.54) is 65.4 Å². The quantitative estimate of drug-likeness (QED) is 0.106. The summed E-state index contributed by atoms with van der Waals surface area (Å²) < 4.78 is 6.76. The average Bonchev–Trinajstić information content (AvgIpc) is 3.74. The number of para-hydroxylation sites is 3. The molecule has 3 nitrogen and oxygen atoms in total. The van der Waals surface area contributed by atoms with Crippen molar-refractivity contribution < 1.29 is 4.42 Å². The van der Waals surface area contributed by atoms with Crippen molar-refractivity contribution in [2.45, 2.75) is 50.2 Å². The number of anilines is 6. The van der Waals surface area contributed by atoms with Crippen LogP contribution in [0.1, 0.15) is 44.4 Å². The van der Waals surface area contributed by atoms with Gasteiger partial charge in [-0.15, -0.1) is 11.8 Å². The van der Waals surface area contributed by atoms with E-state index >= 15 is 0 Å². The SMILES string of the molecule is Cc1ccc(N(c2ccccc2)c2ccc3c(c2)C(C)(C)c2cccc4c2c-3c(-c2ccccc2)c2ccc(N(c3ccc(SC(C)C)cc3)c3cccc5c3oc3ccccc35)cc24)cc1. The molecule has 1 aliphatic rings. The van der Waals surface area contributed by atoms with Gasteiger partial charge in [-0.05, 0) is 147 Å². The first-order chi connectivity index (χ1) is 32.7. The zero-order valence-corrected chi connectivity index (χ0v) is 39.2. The van der Waals surface area contributed by atoms with Crippen LogP contribution in [0.3, 0.4) is 0 Å². The lowest BCUT2D eigenvalue weighted by Crippen LogP contribution is -2.24. The predicted octanol–water partition coefficient (Wildman–Crippen LogP) is 18.6. The van der Waals surface area contributed by atoms with Gasteiger partial charge < -0.3 is 14.2 Å². The molecule has 0 amide bonds. The molecule has 1 aliphatic carbocycles. The van der Waals surface area contributed by atoms with Crippen molar-refractivity contribution >= 4 is 89.4 Å². The van der Waals surface area contributed by atoms with Crippen LogP contribution >= 0.6 is 11.8 Å². The van der Waals surface area contributed by atoms with Gasteiger partial charge in [-0.25, -0.2) is 0 Å². The number of benzene rings is 10. The minimum absolute atomic E-state index is 0.314. The summed E-state index contributed by atoms with van der Waals surface area (Å²) in [5.74, 6) is 0. The van der Waals surface area contributed by atoms with E-state index < -0.39 is 0 Å². The summed E-state index contributed by atoms with van der Waals surface area (Å²) >= 11 is 1.88. The number of nitrogens with zero attached hydrogens (tertiary/aromatic N) is 2. The van der Waals surface area contributed by atoms with Gasteiger partial charge in [0.2, 0.25) is 0 Å². The van der Waals surface area contributed by atoms with Crippen LogP contribution in [0.4, 0.5) is 34.1 Å². The maximum Gasteiger partial charge on any atom is 0.159 e. The molecule has 0 aliphatic heterocycles. The summed E-state index contributed by atoms with van der Waals surface area (Å²) in [6, 6.07) is 75.8. The monoisotopic (exact) mass is 882 g/mol. The van der Waals surface area contributed by atoms with Gasteiger partial charge in [0.05, 0.1) is 5.69 Å². The standard InChI is InChI=1S/C63H50N2OS/c1-40(2)67-48-34-30-45(31-35-48)65(57-24-15-22-52-49-20-12-13-25-58(49)66-62(52)57)46-32-36-51-54(38-46)50-21-14-23-55-60(50)61(59(51)42-16-8-6-9-17-42)53-37-33-47(39-56(53)63(55,4)5)64(43-18-10-7-11-19-43)44-28-26-41(3)27-29-44/h6-40H,1-5H3. The highest BCUT2D eigenvalue weighted by atomic mass is 32.2. The topological polar surface area (TPSA) is 19.6 Å². The molecule has 0 saturated heterocycles. The molecule has 0 spiro atoms. The number of rotatable bonds is 9. The average molecular weight is 883 g/mol. The number of hydrogen-bond donors (Lipinski definition) is 0. The Kier molecular flexibility index (Phi) is 9.85. The van der Waals surface area contributed by atoms with Crippen molar-refractivity contribution in [1.82, 2.24) is 0 Å². The summed E-state index contributed by atoms with van der Waals surface area (Å²) in [7, 11) is 0. The fourth-order valence-corrected chi connectivity index (χ4v) is 11.5. The molecule has 0 bridgehead atoms. The molecular weight excluding hydrogens is 833 g/mol. The van der Waals surface area contributed by atoms with Gasteiger partial charge in [0.15, 0.2) is 5.58 Å². The summed E-state index contributed by atoms with van der Waals surface area (Å²) in [5.41, 5.74) is 16.9. The molecule has 0 saturated carbocycles. The zero-order chi connectivity index (χ0) is 45.4. The molecule has 0 radical (unpaired) electrons. The Morgan fingerprint density at radius 1 is 0.463 bits per heavy atom. The first-order valence-corrected chi connectivity index (χ1v) is 24.2. The number of fused-ring (bicyclic) bond motifs is 7. The first kappa shape index (κ1) is 40.9. The number of furan rings is 1. The van der Waals surface area contributed by atoms with Crippen LogP contribution < -0.4 is 9.80 Å². The molecule has 12 rings (SSSR count). The van der Waals surface area contributed by atoms with Crippen LogP contribution in [-0.2, 0) is 5.41 Å². The third kappa shape index (κ3) is 6.81. The van der Waals surface area contributed by atoms with Gasteiger partial charge in [0.1, 0.15) is 5.58 Å². The lowest BCUT2D eigenvalue weighted by molar-refractivity contribution is 0.645. The van der Waals surface area contributed by atoms with E-state index in [-0.39, 0.29) is 5.41 Å². The lowest BCUT2D eigenvalue weighted by Gasteiger charge is -2.38. The second kappa shape index (κ2) is 16.1. The fourth-order valence-electron chi connectivity index (χ4n) is 10.7. The largest absolute Gasteiger partial charge is 0.454 e. The van der Waals surface area contributed by atoms with E-state index in [4.69, 9.17) is 4.42 Å². The van der Waals surface area contributed by atoms with E-state index in [1.807, 2.05) is 17.8 Å². The van der Waals surface area contributed by atoms with Crippen molar-refractivity contribution in [2.24, 2.45) is 0 Å². The summed E-state index contributed by atoms with van der Waals surface area (Å²) in [6.45, 7) is 11.5. The molecule has 10 aromatic carbocycles. The molecule has 0 N–H and O–H groups in total. The minimum Gasteiger partial charge on any atom is -0.454 e. The molecule has 0 unspecified atom stereocenters. The van der Waals surface area contributed by atoms with Gasteiger partial charge in [0.25, 0.3) is 0 Å². The Labute approximate surface area is 396 Å². The fraction of sp³-hybridized carbons (Fsp3) is 0.111. The summed E-state index contributed by atoms with van der Waals surface area (Å²) in [6.07, 6.45) is 0. The van der Waals surface area contributed by atoms with Crippen LogP contribution in [-0.4, -0.2) is 5.25 Å². The van der Waals surface area contributed by atoms with Gasteiger partial charge in [0, 0.05) is 54.8 Å². The van der Waals surface area contributed by atoms with Gasteiger partial charge in [-0.3, -0.25) is 0 Å². The molecule has 0 atom stereocenters. The molecule has 4 heteroatoms. The van der Waals surface area contributed by atoms with E-state index in [0.29, 0.717) is 5.25 Å². The first-order valence-electron chi connectivity index (χ1n) is 23.3. The Hall–Kier alpha value is -7.53. The Morgan fingerprint density at radius 2 is 1.07 bits per heavy atom. The molecule has 1 aromatic heterocycles. The van der Waals surface area contributed by atoms with Crippen LogP contribution in [0.2, 0.25) is 0 Å². The number of hydrogen-bond acceptors (Lipinski definition) is 4. The molecular formula is C63H50N2OS. The van der Waals surface area contributed by atoms with Crippen molar-refractivity contribution in [3.8, 4) is 22.3 Å². The maximum absolute atomic E-state index is 6.76. The third-order valence-corrected chi connectivity index (χ3v) is 14.7. The van der Waals surface area contributed by atoms with Crippen molar-refractivity contribution in [2.75, 3.05) is 9.80 Å². The molecule has 67 heavy (non-hydrogen) atoms. The summed E-state index contributed by atoms with van der Waals surface area (Å²) in [4.78, 5) is 6.03. The van der Waals surface area contributed by atoms with Gasteiger partial charge in [-0.2, -0.15) is 0 Å². The van der Waals surface area contributed by atoms with Crippen molar-refractivity contribution in [3.63, 3.8) is 0 Å².